The van der Waals surface area contributed by atoms with Gasteiger partial charge in [0.25, 0.3) is 0 Å². The molecule has 4 rings (SSSR count). The molecule has 31 heavy (non-hydrogen) atoms. The summed E-state index contributed by atoms with van der Waals surface area (Å²) in [5.74, 6) is -3.36. The molecule has 3 atom stereocenters. The SMILES string of the molecule is COC(=O)C1(C(=O)OC)[C@@H]2[C@H]1c1ccc(Cl)cc1N(C(=O)OCc1ccccc1)[C@H]2O. The molecule has 1 heterocycles. The number of hydrogen-bond donors (Lipinski definition) is 1. The van der Waals surface area contributed by atoms with Crippen molar-refractivity contribution in [1.29, 1.82) is 0 Å². The van der Waals surface area contributed by atoms with Crippen LogP contribution in [0.3, 0.4) is 0 Å². The van der Waals surface area contributed by atoms with Crippen LogP contribution in [0.4, 0.5) is 10.5 Å². The first kappa shape index (κ1) is 21.1. The lowest BCUT2D eigenvalue weighted by molar-refractivity contribution is -0.163. The number of esters is 2. The third-order valence-corrected chi connectivity index (χ3v) is 6.12. The third-order valence-electron chi connectivity index (χ3n) is 5.89. The normalized spacial score (nSPS) is 22.6. The lowest BCUT2D eigenvalue weighted by atomic mass is 9.97. The second-order valence-electron chi connectivity index (χ2n) is 7.38. The van der Waals surface area contributed by atoms with Crippen LogP contribution in [0.5, 0.6) is 0 Å². The maximum absolute atomic E-state index is 13.0. The Hall–Kier alpha value is -3.10. The van der Waals surface area contributed by atoms with Crippen molar-refractivity contribution in [2.75, 3.05) is 19.1 Å². The molecule has 2 aromatic carbocycles. The minimum absolute atomic E-state index is 0.0218. The van der Waals surface area contributed by atoms with Crippen LogP contribution in [-0.2, 0) is 30.4 Å². The molecule has 0 radical (unpaired) electrons. The molecular formula is C22H20ClNO7. The molecule has 2 aromatic rings. The van der Waals surface area contributed by atoms with Crippen LogP contribution < -0.4 is 4.90 Å². The monoisotopic (exact) mass is 445 g/mol. The van der Waals surface area contributed by atoms with E-state index in [9.17, 15) is 19.5 Å². The van der Waals surface area contributed by atoms with Crippen LogP contribution in [0.15, 0.2) is 48.5 Å². The molecule has 0 aromatic heterocycles. The van der Waals surface area contributed by atoms with Crippen molar-refractivity contribution in [2.45, 2.75) is 18.8 Å². The number of carbonyl (C=O) groups excluding carboxylic acids is 3. The maximum Gasteiger partial charge on any atom is 0.416 e. The molecule has 2 aliphatic rings. The van der Waals surface area contributed by atoms with E-state index in [1.165, 1.54) is 6.07 Å². The summed E-state index contributed by atoms with van der Waals surface area (Å²) in [5.41, 5.74) is -0.252. The number of anilines is 1. The number of aliphatic hydroxyl groups is 1. The molecule has 0 spiro atoms. The van der Waals surface area contributed by atoms with E-state index < -0.39 is 41.5 Å². The molecule has 1 aliphatic heterocycles. The van der Waals surface area contributed by atoms with E-state index in [1.54, 1.807) is 24.3 Å². The van der Waals surface area contributed by atoms with Gasteiger partial charge >= 0.3 is 18.0 Å². The quantitative estimate of drug-likeness (QED) is 0.438. The molecule has 0 unspecified atom stereocenters. The van der Waals surface area contributed by atoms with Crippen LogP contribution in [-0.4, -0.2) is 43.6 Å². The van der Waals surface area contributed by atoms with Gasteiger partial charge in [0, 0.05) is 16.9 Å². The van der Waals surface area contributed by atoms with Crippen molar-refractivity contribution in [3.05, 3.63) is 64.7 Å². The predicted molar refractivity (Wildman–Crippen MR) is 109 cm³/mol. The van der Waals surface area contributed by atoms with Crippen LogP contribution in [0.1, 0.15) is 17.0 Å². The number of amides is 1. The second-order valence-corrected chi connectivity index (χ2v) is 7.82. The summed E-state index contributed by atoms with van der Waals surface area (Å²) < 4.78 is 15.1. The molecule has 162 valence electrons. The highest BCUT2D eigenvalue weighted by Crippen LogP contribution is 2.71. The molecule has 1 N–H and O–H groups in total. The first-order valence-electron chi connectivity index (χ1n) is 9.52. The number of hydrogen-bond acceptors (Lipinski definition) is 7. The van der Waals surface area contributed by atoms with Gasteiger partial charge in [0.05, 0.1) is 19.9 Å². The second kappa shape index (κ2) is 7.86. The van der Waals surface area contributed by atoms with Crippen molar-refractivity contribution in [3.63, 3.8) is 0 Å². The van der Waals surface area contributed by atoms with E-state index in [0.717, 1.165) is 24.7 Å². The van der Waals surface area contributed by atoms with Gasteiger partial charge in [-0.25, -0.2) is 4.79 Å². The number of ether oxygens (including phenoxy) is 3. The van der Waals surface area contributed by atoms with Crippen LogP contribution >= 0.6 is 11.6 Å². The summed E-state index contributed by atoms with van der Waals surface area (Å²) in [6, 6.07) is 13.7. The van der Waals surface area contributed by atoms with Crippen molar-refractivity contribution in [1.82, 2.24) is 0 Å². The highest BCUT2D eigenvalue weighted by atomic mass is 35.5. The number of rotatable bonds is 4. The molecular weight excluding hydrogens is 426 g/mol. The zero-order valence-corrected chi connectivity index (χ0v) is 17.5. The zero-order chi connectivity index (χ0) is 22.3. The minimum Gasteiger partial charge on any atom is -0.468 e. The number of aliphatic hydroxyl groups excluding tert-OH is 1. The van der Waals surface area contributed by atoms with Gasteiger partial charge in [-0.1, -0.05) is 48.0 Å². The smallest absolute Gasteiger partial charge is 0.416 e. The molecule has 8 nitrogen and oxygen atoms in total. The molecule has 0 bridgehead atoms. The van der Waals surface area contributed by atoms with E-state index in [4.69, 9.17) is 25.8 Å². The molecule has 1 saturated carbocycles. The van der Waals surface area contributed by atoms with Crippen molar-refractivity contribution in [3.8, 4) is 0 Å². The summed E-state index contributed by atoms with van der Waals surface area (Å²) in [6.07, 6.45) is -2.37. The van der Waals surface area contributed by atoms with Gasteiger partial charge in [-0.15, -0.1) is 0 Å². The van der Waals surface area contributed by atoms with E-state index in [1.807, 2.05) is 18.2 Å². The summed E-state index contributed by atoms with van der Waals surface area (Å²) in [7, 11) is 2.30. The average Bonchev–Trinajstić information content (AvgIpc) is 3.49. The number of nitrogens with zero attached hydrogens (tertiary/aromatic N) is 1. The maximum atomic E-state index is 13.0. The number of fused-ring (bicyclic) bond motifs is 3. The number of methoxy groups -OCH3 is 2. The van der Waals surface area contributed by atoms with E-state index in [2.05, 4.69) is 0 Å². The van der Waals surface area contributed by atoms with Gasteiger partial charge in [0.15, 0.2) is 5.41 Å². The Balaban J connectivity index is 1.73. The van der Waals surface area contributed by atoms with Gasteiger partial charge in [0.1, 0.15) is 12.8 Å². The Morgan fingerprint density at radius 2 is 1.71 bits per heavy atom. The fourth-order valence-corrected chi connectivity index (χ4v) is 4.66. The average molecular weight is 446 g/mol. The number of halogens is 1. The number of benzene rings is 2. The third kappa shape index (κ3) is 3.14. The summed E-state index contributed by atoms with van der Waals surface area (Å²) >= 11 is 6.14. The summed E-state index contributed by atoms with van der Waals surface area (Å²) in [5, 5.41) is 11.4. The first-order valence-corrected chi connectivity index (χ1v) is 9.90. The van der Waals surface area contributed by atoms with Crippen LogP contribution in [0, 0.1) is 11.3 Å². The van der Waals surface area contributed by atoms with E-state index >= 15 is 0 Å². The Morgan fingerprint density at radius 3 is 2.32 bits per heavy atom. The Bertz CT molecular complexity index is 1030. The molecule has 1 fully saturated rings. The van der Waals surface area contributed by atoms with Crippen LogP contribution in [0.2, 0.25) is 5.02 Å². The van der Waals surface area contributed by atoms with Crippen molar-refractivity contribution in [2.24, 2.45) is 11.3 Å². The lowest BCUT2D eigenvalue weighted by Crippen LogP contribution is -2.46. The van der Waals surface area contributed by atoms with Gasteiger partial charge in [-0.05, 0) is 23.3 Å². The highest BCUT2D eigenvalue weighted by Gasteiger charge is 2.81. The lowest BCUT2D eigenvalue weighted by Gasteiger charge is -2.32. The van der Waals surface area contributed by atoms with Gasteiger partial charge in [-0.3, -0.25) is 14.5 Å². The van der Waals surface area contributed by atoms with Crippen molar-refractivity contribution >= 4 is 35.3 Å². The predicted octanol–water partition coefficient (Wildman–Crippen LogP) is 2.86. The van der Waals surface area contributed by atoms with Crippen molar-refractivity contribution < 1.29 is 33.7 Å². The van der Waals surface area contributed by atoms with Gasteiger partial charge in [0.2, 0.25) is 0 Å². The number of carbonyl (C=O) groups is 3. The fourth-order valence-electron chi connectivity index (χ4n) is 4.49. The van der Waals surface area contributed by atoms with E-state index in [-0.39, 0.29) is 12.3 Å². The molecule has 1 aliphatic carbocycles. The first-order chi connectivity index (χ1) is 14.9. The fraction of sp³-hybridized carbons (Fsp3) is 0.318. The summed E-state index contributed by atoms with van der Waals surface area (Å²) in [4.78, 5) is 39.3. The van der Waals surface area contributed by atoms with Gasteiger partial charge in [-0.2, -0.15) is 0 Å². The summed E-state index contributed by atoms with van der Waals surface area (Å²) in [6.45, 7) is -0.0218. The topological polar surface area (TPSA) is 102 Å². The minimum atomic E-state index is -1.76. The molecule has 1 amide bonds. The van der Waals surface area contributed by atoms with Gasteiger partial charge < -0.3 is 19.3 Å². The standard InChI is InChI=1S/C22H20ClNO7/c1-29-19(26)22(20(27)30-2)16-14-9-8-13(23)10-15(14)24(18(25)17(16)22)21(28)31-11-12-6-4-3-5-7-12/h3-10,16-18,25H,11H2,1-2H3/t16-,17-,18+/m1/s1. The Labute approximate surface area is 183 Å². The zero-order valence-electron chi connectivity index (χ0n) is 16.8. The Morgan fingerprint density at radius 1 is 1.06 bits per heavy atom. The van der Waals surface area contributed by atoms with E-state index in [0.29, 0.717) is 10.6 Å². The Kier molecular flexibility index (Phi) is 5.36. The largest absolute Gasteiger partial charge is 0.468 e. The molecule has 9 heteroatoms. The molecule has 0 saturated heterocycles. The highest BCUT2D eigenvalue weighted by molar-refractivity contribution is 6.31. The van der Waals surface area contributed by atoms with Crippen LogP contribution in [0.25, 0.3) is 0 Å².